The molecule has 2 aromatic carbocycles. The van der Waals surface area contributed by atoms with Crippen molar-refractivity contribution in [2.45, 2.75) is 89.9 Å². The highest BCUT2D eigenvalue weighted by Gasteiger charge is 2.53. The van der Waals surface area contributed by atoms with E-state index in [1.165, 1.54) is 60.8 Å². The molecular formula is C32H44O3. The number of rotatable bonds is 9. The Hall–Kier alpha value is -2.00. The first-order chi connectivity index (χ1) is 16.8. The normalized spacial score (nSPS) is 27.3. The van der Waals surface area contributed by atoms with Gasteiger partial charge in [-0.15, -0.1) is 0 Å². The topological polar surface area (TPSA) is 27.7 Å². The van der Waals surface area contributed by atoms with Crippen LogP contribution < -0.4 is 9.47 Å². The van der Waals surface area contributed by atoms with Gasteiger partial charge in [-0.2, -0.15) is 0 Å². The molecule has 4 bridgehead atoms. The van der Waals surface area contributed by atoms with Crippen LogP contribution in [0.15, 0.2) is 36.4 Å². The van der Waals surface area contributed by atoms with Crippen LogP contribution in [0.25, 0.3) is 11.1 Å². The van der Waals surface area contributed by atoms with E-state index < -0.39 is 0 Å². The van der Waals surface area contributed by atoms with Crippen LogP contribution in [0, 0.1) is 17.8 Å². The van der Waals surface area contributed by atoms with E-state index in [0.29, 0.717) is 0 Å². The number of hydrogen-bond donors (Lipinski definition) is 0. The van der Waals surface area contributed by atoms with Gasteiger partial charge in [0, 0.05) is 18.2 Å². The molecule has 0 unspecified atom stereocenters. The van der Waals surface area contributed by atoms with E-state index in [1.54, 1.807) is 7.11 Å². The zero-order chi connectivity index (χ0) is 24.6. The van der Waals surface area contributed by atoms with Gasteiger partial charge in [-0.05, 0) is 103 Å². The van der Waals surface area contributed by atoms with Gasteiger partial charge in [-0.25, -0.2) is 0 Å². The Morgan fingerprint density at radius 3 is 2.20 bits per heavy atom. The summed E-state index contributed by atoms with van der Waals surface area (Å²) in [5, 5.41) is 0. The van der Waals surface area contributed by atoms with Crippen LogP contribution in [-0.4, -0.2) is 20.5 Å². The van der Waals surface area contributed by atoms with Crippen molar-refractivity contribution in [3.63, 3.8) is 0 Å². The second-order valence-electron chi connectivity index (χ2n) is 12.6. The Morgan fingerprint density at radius 2 is 1.60 bits per heavy atom. The van der Waals surface area contributed by atoms with Crippen molar-refractivity contribution in [1.29, 1.82) is 0 Å². The Morgan fingerprint density at radius 1 is 0.914 bits per heavy atom. The summed E-state index contributed by atoms with van der Waals surface area (Å²) < 4.78 is 18.0. The second kappa shape index (κ2) is 9.81. The molecule has 3 heteroatoms. The number of hydrogen-bond acceptors (Lipinski definition) is 3. The average molecular weight is 477 g/mol. The second-order valence-corrected chi connectivity index (χ2v) is 12.6. The van der Waals surface area contributed by atoms with E-state index in [2.05, 4.69) is 64.1 Å². The van der Waals surface area contributed by atoms with Gasteiger partial charge in [0.25, 0.3) is 0 Å². The van der Waals surface area contributed by atoms with Gasteiger partial charge < -0.3 is 14.2 Å². The summed E-state index contributed by atoms with van der Waals surface area (Å²) in [6.45, 7) is 10.2. The van der Waals surface area contributed by atoms with E-state index in [1.807, 2.05) is 0 Å². The van der Waals surface area contributed by atoms with E-state index >= 15 is 0 Å². The molecule has 0 heterocycles. The zero-order valence-corrected chi connectivity index (χ0v) is 22.5. The molecule has 6 rings (SSSR count). The zero-order valence-electron chi connectivity index (χ0n) is 22.5. The largest absolute Gasteiger partial charge is 0.494 e. The van der Waals surface area contributed by atoms with Gasteiger partial charge >= 0.3 is 0 Å². The third-order valence-corrected chi connectivity index (χ3v) is 8.80. The molecule has 190 valence electrons. The lowest BCUT2D eigenvalue weighted by Gasteiger charge is -2.57. The van der Waals surface area contributed by atoms with Gasteiger partial charge in [-0.1, -0.05) is 52.3 Å². The number of methoxy groups -OCH3 is 1. The minimum Gasteiger partial charge on any atom is -0.494 e. The Bertz CT molecular complexity index is 996. The van der Waals surface area contributed by atoms with E-state index in [-0.39, 0.29) is 17.6 Å². The molecule has 4 saturated carbocycles. The van der Waals surface area contributed by atoms with Crippen molar-refractivity contribution >= 4 is 0 Å². The summed E-state index contributed by atoms with van der Waals surface area (Å²) in [6.07, 6.45) is 10.5. The van der Waals surface area contributed by atoms with Gasteiger partial charge in [-0.3, -0.25) is 0 Å². The highest BCUT2D eigenvalue weighted by Crippen LogP contribution is 2.62. The molecule has 0 aliphatic heterocycles. The van der Waals surface area contributed by atoms with E-state index in [9.17, 15) is 0 Å². The van der Waals surface area contributed by atoms with Gasteiger partial charge in [0.1, 0.15) is 11.5 Å². The van der Waals surface area contributed by atoms with Crippen LogP contribution in [0.5, 0.6) is 11.5 Å². The van der Waals surface area contributed by atoms with Crippen molar-refractivity contribution < 1.29 is 14.2 Å². The van der Waals surface area contributed by atoms with Crippen LogP contribution in [0.3, 0.4) is 0 Å². The predicted molar refractivity (Wildman–Crippen MR) is 143 cm³/mol. The first-order valence-corrected chi connectivity index (χ1v) is 13.9. The smallest absolute Gasteiger partial charge is 0.188 e. The average Bonchev–Trinajstić information content (AvgIpc) is 2.81. The lowest BCUT2D eigenvalue weighted by Crippen LogP contribution is -2.48. The van der Waals surface area contributed by atoms with Crippen LogP contribution in [0.4, 0.5) is 0 Å². The quantitative estimate of drug-likeness (QED) is 0.269. The molecule has 0 radical (unpaired) electrons. The van der Waals surface area contributed by atoms with Crippen LogP contribution >= 0.6 is 0 Å². The van der Waals surface area contributed by atoms with Gasteiger partial charge in [0.15, 0.2) is 6.79 Å². The van der Waals surface area contributed by atoms with Crippen molar-refractivity contribution in [3.8, 4) is 22.6 Å². The first kappa shape index (κ1) is 24.7. The SMILES string of the molecule is CCCCOc1cccc(-c2cc(C(C)(C)C)cc(C34CC5CC(CC(C5)C3)C4)c2OCOC)c1. The maximum Gasteiger partial charge on any atom is 0.188 e. The van der Waals surface area contributed by atoms with E-state index in [0.717, 1.165) is 48.7 Å². The molecule has 35 heavy (non-hydrogen) atoms. The minimum absolute atomic E-state index is 0.0564. The fourth-order valence-corrected chi connectivity index (χ4v) is 7.47. The maximum absolute atomic E-state index is 6.50. The third-order valence-electron chi connectivity index (χ3n) is 8.80. The maximum atomic E-state index is 6.50. The van der Waals surface area contributed by atoms with Crippen molar-refractivity contribution in [1.82, 2.24) is 0 Å². The fourth-order valence-electron chi connectivity index (χ4n) is 7.47. The number of benzene rings is 2. The fraction of sp³-hybridized carbons (Fsp3) is 0.625. The predicted octanol–water partition coefficient (Wildman–Crippen LogP) is 8.28. The summed E-state index contributed by atoms with van der Waals surface area (Å²) in [6, 6.07) is 13.5. The summed E-state index contributed by atoms with van der Waals surface area (Å²) in [5.41, 5.74) is 5.47. The first-order valence-electron chi connectivity index (χ1n) is 13.9. The standard InChI is InChI=1S/C32H44O3/c1-6-7-11-34-27-10-8-9-25(15-27)28-16-26(31(2,3)4)17-29(30(28)35-21-33-5)32-18-22-12-23(19-32)14-24(13-22)20-32/h8-10,15-17,22-24H,6-7,11-14,18-21H2,1-5H3. The van der Waals surface area contributed by atoms with Crippen LogP contribution in [0.2, 0.25) is 0 Å². The summed E-state index contributed by atoms with van der Waals surface area (Å²) in [4.78, 5) is 0. The van der Waals surface area contributed by atoms with Gasteiger partial charge in [0.05, 0.1) is 6.61 Å². The van der Waals surface area contributed by atoms with E-state index in [4.69, 9.17) is 14.2 Å². The molecular weight excluding hydrogens is 432 g/mol. The van der Waals surface area contributed by atoms with Crippen molar-refractivity contribution in [3.05, 3.63) is 47.5 Å². The molecule has 4 aliphatic carbocycles. The number of ether oxygens (including phenoxy) is 3. The minimum atomic E-state index is 0.0564. The molecule has 4 aliphatic rings. The monoisotopic (exact) mass is 476 g/mol. The highest BCUT2D eigenvalue weighted by atomic mass is 16.7. The lowest BCUT2D eigenvalue weighted by atomic mass is 9.47. The molecule has 0 amide bonds. The Labute approximate surface area is 212 Å². The number of unbranched alkanes of at least 4 members (excludes halogenated alkanes) is 1. The molecule has 0 N–H and O–H groups in total. The molecule has 0 saturated heterocycles. The highest BCUT2D eigenvalue weighted by molar-refractivity contribution is 5.75. The Kier molecular flexibility index (Phi) is 6.92. The van der Waals surface area contributed by atoms with Crippen molar-refractivity contribution in [2.75, 3.05) is 20.5 Å². The lowest BCUT2D eigenvalue weighted by molar-refractivity contribution is -0.00881. The summed E-state index contributed by atoms with van der Waals surface area (Å²) >= 11 is 0. The van der Waals surface area contributed by atoms with Crippen LogP contribution in [-0.2, 0) is 15.6 Å². The van der Waals surface area contributed by atoms with Crippen molar-refractivity contribution in [2.24, 2.45) is 17.8 Å². The summed E-state index contributed by atoms with van der Waals surface area (Å²) in [7, 11) is 1.72. The molecule has 3 nitrogen and oxygen atoms in total. The van der Waals surface area contributed by atoms with Crippen LogP contribution in [0.1, 0.15) is 90.2 Å². The Balaban J connectivity index is 1.65. The third kappa shape index (κ3) is 4.99. The molecule has 0 atom stereocenters. The van der Waals surface area contributed by atoms with Gasteiger partial charge in [0.2, 0.25) is 0 Å². The molecule has 0 aromatic heterocycles. The summed E-state index contributed by atoms with van der Waals surface area (Å²) in [5.74, 6) is 4.62. The molecule has 2 aromatic rings. The molecule has 0 spiro atoms. The molecule has 4 fully saturated rings.